The van der Waals surface area contributed by atoms with Crippen LogP contribution in [0.4, 0.5) is 0 Å². The highest BCUT2D eigenvalue weighted by Gasteiger charge is 2.14. The molecule has 0 spiro atoms. The average Bonchev–Trinajstić information content (AvgIpc) is 2.94. The lowest BCUT2D eigenvalue weighted by molar-refractivity contribution is 0.302. The molecule has 0 N–H and O–H groups in total. The Morgan fingerprint density at radius 2 is 1.92 bits per heavy atom. The van der Waals surface area contributed by atoms with Crippen molar-refractivity contribution >= 4 is 11.6 Å². The first-order valence-electron chi connectivity index (χ1n) is 8.05. The predicted molar refractivity (Wildman–Crippen MR) is 100 cm³/mol. The van der Waals surface area contributed by atoms with E-state index >= 15 is 0 Å². The van der Waals surface area contributed by atoms with E-state index in [1.807, 2.05) is 48.9 Å². The van der Waals surface area contributed by atoms with Gasteiger partial charge in [-0.2, -0.15) is 10.4 Å². The summed E-state index contributed by atoms with van der Waals surface area (Å²) >= 11 is 6.15. The van der Waals surface area contributed by atoms with Crippen LogP contribution in [-0.4, -0.2) is 16.9 Å². The Morgan fingerprint density at radius 3 is 2.62 bits per heavy atom. The van der Waals surface area contributed by atoms with Gasteiger partial charge in [-0.3, -0.25) is 0 Å². The number of aryl methyl sites for hydroxylation is 1. The van der Waals surface area contributed by atoms with Crippen LogP contribution in [0.3, 0.4) is 0 Å². The van der Waals surface area contributed by atoms with Gasteiger partial charge in [0.2, 0.25) is 0 Å². The van der Waals surface area contributed by atoms with Crippen LogP contribution in [0.1, 0.15) is 22.5 Å². The molecular formula is C20H18ClN3O2. The number of hydrogen-bond donors (Lipinski definition) is 0. The van der Waals surface area contributed by atoms with Crippen LogP contribution in [0.2, 0.25) is 5.02 Å². The van der Waals surface area contributed by atoms with Crippen molar-refractivity contribution in [2.24, 2.45) is 0 Å². The summed E-state index contributed by atoms with van der Waals surface area (Å²) in [6.45, 7) is 4.32. The van der Waals surface area contributed by atoms with E-state index < -0.39 is 0 Å². The number of nitrogens with zero attached hydrogens (tertiary/aromatic N) is 3. The molecule has 0 unspecified atom stereocenters. The fourth-order valence-electron chi connectivity index (χ4n) is 2.71. The van der Waals surface area contributed by atoms with Crippen LogP contribution in [0.25, 0.3) is 5.69 Å². The van der Waals surface area contributed by atoms with Crippen molar-refractivity contribution in [3.63, 3.8) is 0 Å². The number of benzene rings is 2. The Balaban J connectivity index is 1.86. The maximum atomic E-state index is 9.02. The molecule has 1 heterocycles. The highest BCUT2D eigenvalue weighted by atomic mass is 35.5. The van der Waals surface area contributed by atoms with E-state index in [-0.39, 0.29) is 0 Å². The summed E-state index contributed by atoms with van der Waals surface area (Å²) in [6, 6.07) is 14.8. The number of nitriles is 1. The molecule has 1 aromatic heterocycles. The summed E-state index contributed by atoms with van der Waals surface area (Å²) in [4.78, 5) is 0. The Bertz CT molecular complexity index is 989. The van der Waals surface area contributed by atoms with Gasteiger partial charge in [0.25, 0.3) is 0 Å². The molecule has 26 heavy (non-hydrogen) atoms. The maximum Gasteiger partial charge on any atom is 0.123 e. The van der Waals surface area contributed by atoms with Crippen molar-refractivity contribution in [3.05, 3.63) is 70.0 Å². The molecule has 6 heteroatoms. The van der Waals surface area contributed by atoms with E-state index in [1.54, 1.807) is 19.2 Å². The van der Waals surface area contributed by atoms with E-state index in [4.69, 9.17) is 26.3 Å². The highest BCUT2D eigenvalue weighted by molar-refractivity contribution is 6.31. The van der Waals surface area contributed by atoms with Gasteiger partial charge in [0.15, 0.2) is 0 Å². The van der Waals surface area contributed by atoms with E-state index in [0.29, 0.717) is 17.2 Å². The number of halogens is 1. The molecule has 132 valence electrons. The number of hydrogen-bond acceptors (Lipinski definition) is 4. The zero-order valence-electron chi connectivity index (χ0n) is 14.8. The number of aromatic nitrogens is 2. The largest absolute Gasteiger partial charge is 0.497 e. The van der Waals surface area contributed by atoms with Crippen LogP contribution in [-0.2, 0) is 6.61 Å². The van der Waals surface area contributed by atoms with Gasteiger partial charge in [0.05, 0.1) is 29.1 Å². The summed E-state index contributed by atoms with van der Waals surface area (Å²) < 4.78 is 12.9. The standard InChI is InChI=1S/C20H18ClN3O2/c1-13-19(12-26-18-6-4-5-17(10-18)25-3)14(2)24(23-13)16-8-7-15(11-22)20(21)9-16/h4-10H,12H2,1-3H3. The third-order valence-electron chi connectivity index (χ3n) is 4.18. The fraction of sp³-hybridized carbons (Fsp3) is 0.200. The Morgan fingerprint density at radius 1 is 1.15 bits per heavy atom. The Labute approximate surface area is 157 Å². The monoisotopic (exact) mass is 367 g/mol. The molecule has 3 aromatic rings. The normalized spacial score (nSPS) is 10.4. The lowest BCUT2D eigenvalue weighted by Crippen LogP contribution is -2.02. The molecule has 5 nitrogen and oxygen atoms in total. The van der Waals surface area contributed by atoms with Crippen molar-refractivity contribution in [1.82, 2.24) is 9.78 Å². The minimum Gasteiger partial charge on any atom is -0.497 e. The zero-order chi connectivity index (χ0) is 18.7. The molecule has 0 aliphatic heterocycles. The van der Waals surface area contributed by atoms with Crippen LogP contribution in [0.15, 0.2) is 42.5 Å². The van der Waals surface area contributed by atoms with Gasteiger partial charge in [-0.05, 0) is 44.2 Å². The predicted octanol–water partition coefficient (Wildman–Crippen LogP) is 4.60. The second kappa shape index (κ2) is 7.51. The van der Waals surface area contributed by atoms with Gasteiger partial charge in [0.1, 0.15) is 24.2 Å². The first kappa shape index (κ1) is 17.8. The molecule has 0 bridgehead atoms. The molecule has 0 aliphatic rings. The molecule has 3 rings (SSSR count). The van der Waals surface area contributed by atoms with Gasteiger partial charge in [-0.25, -0.2) is 4.68 Å². The molecule has 0 saturated heterocycles. The topological polar surface area (TPSA) is 60.1 Å². The van der Waals surface area contributed by atoms with Crippen molar-refractivity contribution in [2.45, 2.75) is 20.5 Å². The Kier molecular flexibility index (Phi) is 5.15. The summed E-state index contributed by atoms with van der Waals surface area (Å²) in [6.07, 6.45) is 0. The van der Waals surface area contributed by atoms with E-state index in [2.05, 4.69) is 11.2 Å². The Hall–Kier alpha value is -2.97. The zero-order valence-corrected chi connectivity index (χ0v) is 15.5. The number of methoxy groups -OCH3 is 1. The lowest BCUT2D eigenvalue weighted by Gasteiger charge is -2.09. The van der Waals surface area contributed by atoms with Crippen LogP contribution < -0.4 is 9.47 Å². The number of ether oxygens (including phenoxy) is 2. The van der Waals surface area contributed by atoms with Gasteiger partial charge >= 0.3 is 0 Å². The molecule has 0 aliphatic carbocycles. The maximum absolute atomic E-state index is 9.02. The molecule has 0 amide bonds. The second-order valence-electron chi connectivity index (χ2n) is 5.80. The summed E-state index contributed by atoms with van der Waals surface area (Å²) in [7, 11) is 1.63. The first-order chi connectivity index (χ1) is 12.5. The minimum absolute atomic E-state index is 0.398. The van der Waals surface area contributed by atoms with E-state index in [1.165, 1.54) is 0 Å². The SMILES string of the molecule is COc1cccc(OCc2c(C)nn(-c3ccc(C#N)c(Cl)c3)c2C)c1. The van der Waals surface area contributed by atoms with Crippen molar-refractivity contribution in [1.29, 1.82) is 5.26 Å². The third kappa shape index (κ3) is 3.51. The lowest BCUT2D eigenvalue weighted by atomic mass is 10.2. The molecule has 0 fully saturated rings. The average molecular weight is 368 g/mol. The molecule has 0 atom stereocenters. The van der Waals surface area contributed by atoms with Crippen molar-refractivity contribution in [2.75, 3.05) is 7.11 Å². The van der Waals surface area contributed by atoms with Crippen LogP contribution in [0.5, 0.6) is 11.5 Å². The first-order valence-corrected chi connectivity index (χ1v) is 8.43. The smallest absolute Gasteiger partial charge is 0.123 e. The molecule has 0 saturated carbocycles. The van der Waals surface area contributed by atoms with Crippen LogP contribution in [0, 0.1) is 25.2 Å². The minimum atomic E-state index is 0.398. The van der Waals surface area contributed by atoms with Gasteiger partial charge in [-0.15, -0.1) is 0 Å². The van der Waals surface area contributed by atoms with Crippen molar-refractivity contribution in [3.8, 4) is 23.3 Å². The summed E-state index contributed by atoms with van der Waals surface area (Å²) in [5, 5.41) is 14.0. The van der Waals surface area contributed by atoms with Gasteiger partial charge in [0, 0.05) is 17.3 Å². The van der Waals surface area contributed by atoms with Gasteiger partial charge in [-0.1, -0.05) is 17.7 Å². The summed E-state index contributed by atoms with van der Waals surface area (Å²) in [5.74, 6) is 1.48. The summed E-state index contributed by atoms with van der Waals surface area (Å²) in [5.41, 5.74) is 4.10. The third-order valence-corrected chi connectivity index (χ3v) is 4.50. The quantitative estimate of drug-likeness (QED) is 0.661. The highest BCUT2D eigenvalue weighted by Crippen LogP contribution is 2.25. The molecule has 2 aromatic carbocycles. The fourth-order valence-corrected chi connectivity index (χ4v) is 2.93. The van der Waals surface area contributed by atoms with Gasteiger partial charge < -0.3 is 9.47 Å². The second-order valence-corrected chi connectivity index (χ2v) is 6.21. The van der Waals surface area contributed by atoms with Crippen LogP contribution >= 0.6 is 11.6 Å². The number of rotatable bonds is 5. The van der Waals surface area contributed by atoms with E-state index in [0.717, 1.165) is 34.1 Å². The van der Waals surface area contributed by atoms with E-state index in [9.17, 15) is 0 Å². The molecule has 0 radical (unpaired) electrons. The van der Waals surface area contributed by atoms with Crippen molar-refractivity contribution < 1.29 is 9.47 Å². The molecular weight excluding hydrogens is 350 g/mol.